The van der Waals surface area contributed by atoms with E-state index in [2.05, 4.69) is 15.7 Å². The molecule has 1 unspecified atom stereocenters. The van der Waals surface area contributed by atoms with Crippen LogP contribution < -0.4 is 15.4 Å². The first-order valence-corrected chi connectivity index (χ1v) is 9.32. The van der Waals surface area contributed by atoms with Crippen molar-refractivity contribution in [3.05, 3.63) is 72.1 Å². The van der Waals surface area contributed by atoms with Gasteiger partial charge in [0.15, 0.2) is 6.61 Å². The molecular weight excluding hydrogens is 368 g/mol. The van der Waals surface area contributed by atoms with Gasteiger partial charge in [0.1, 0.15) is 11.8 Å². The average molecular weight is 392 g/mol. The van der Waals surface area contributed by atoms with Crippen LogP contribution in [0.4, 0.5) is 11.4 Å². The third-order valence-electron chi connectivity index (χ3n) is 4.56. The molecule has 0 aliphatic carbocycles. The van der Waals surface area contributed by atoms with Crippen LogP contribution in [0.1, 0.15) is 24.1 Å². The highest BCUT2D eigenvalue weighted by Crippen LogP contribution is 2.18. The second-order valence-electron chi connectivity index (χ2n) is 6.82. The van der Waals surface area contributed by atoms with Crippen LogP contribution in [-0.2, 0) is 9.59 Å². The lowest BCUT2D eigenvalue weighted by Gasteiger charge is -2.14. The van der Waals surface area contributed by atoms with Crippen LogP contribution in [0.3, 0.4) is 0 Å². The summed E-state index contributed by atoms with van der Waals surface area (Å²) in [5, 5.41) is 9.68. The summed E-state index contributed by atoms with van der Waals surface area (Å²) in [5.74, 6) is 0.170. The highest BCUT2D eigenvalue weighted by Gasteiger charge is 2.15. The van der Waals surface area contributed by atoms with E-state index in [9.17, 15) is 9.59 Å². The first-order valence-electron chi connectivity index (χ1n) is 9.32. The lowest BCUT2D eigenvalue weighted by atomic mass is 10.1. The molecule has 3 aromatic rings. The molecule has 0 bridgehead atoms. The lowest BCUT2D eigenvalue weighted by Crippen LogP contribution is -2.24. The highest BCUT2D eigenvalue weighted by molar-refractivity contribution is 5.95. The molecule has 7 heteroatoms. The van der Waals surface area contributed by atoms with E-state index in [0.29, 0.717) is 17.1 Å². The fraction of sp³-hybridized carbons (Fsp3) is 0.227. The van der Waals surface area contributed by atoms with Gasteiger partial charge >= 0.3 is 0 Å². The SMILES string of the molecule is Cc1ccc(OCC(=O)Nc2cccc(NC(=O)C(C)n3cccn3)c2)cc1C. The minimum absolute atomic E-state index is 0.102. The van der Waals surface area contributed by atoms with Crippen molar-refractivity contribution in [2.24, 2.45) is 0 Å². The Kier molecular flexibility index (Phi) is 6.29. The van der Waals surface area contributed by atoms with Crippen molar-refractivity contribution in [2.75, 3.05) is 17.2 Å². The van der Waals surface area contributed by atoms with E-state index in [0.717, 1.165) is 5.56 Å². The topological polar surface area (TPSA) is 85.3 Å². The largest absolute Gasteiger partial charge is 0.484 e. The molecule has 0 aliphatic rings. The summed E-state index contributed by atoms with van der Waals surface area (Å²) in [4.78, 5) is 24.6. The molecule has 0 saturated heterocycles. The fourth-order valence-electron chi connectivity index (χ4n) is 2.70. The normalized spacial score (nSPS) is 11.6. The number of aromatic nitrogens is 2. The van der Waals surface area contributed by atoms with Crippen LogP contribution in [0.25, 0.3) is 0 Å². The number of hydrogen-bond donors (Lipinski definition) is 2. The summed E-state index contributed by atoms with van der Waals surface area (Å²) < 4.78 is 7.13. The predicted octanol–water partition coefficient (Wildman–Crippen LogP) is 3.72. The zero-order valence-electron chi connectivity index (χ0n) is 16.7. The number of anilines is 2. The second kappa shape index (κ2) is 9.05. The van der Waals surface area contributed by atoms with Crippen molar-refractivity contribution in [2.45, 2.75) is 26.8 Å². The van der Waals surface area contributed by atoms with Crippen LogP contribution in [-0.4, -0.2) is 28.2 Å². The first-order chi connectivity index (χ1) is 13.9. The van der Waals surface area contributed by atoms with Gasteiger partial charge in [-0.1, -0.05) is 12.1 Å². The summed E-state index contributed by atoms with van der Waals surface area (Å²) in [6.07, 6.45) is 3.36. The minimum atomic E-state index is -0.449. The first kappa shape index (κ1) is 20.1. The van der Waals surface area contributed by atoms with Crippen molar-refractivity contribution in [1.82, 2.24) is 9.78 Å². The Labute approximate surface area is 169 Å². The molecule has 29 heavy (non-hydrogen) atoms. The maximum atomic E-state index is 12.4. The Morgan fingerprint density at radius 1 is 1.03 bits per heavy atom. The smallest absolute Gasteiger partial charge is 0.262 e. The molecule has 0 spiro atoms. The van der Waals surface area contributed by atoms with Crippen molar-refractivity contribution in [1.29, 1.82) is 0 Å². The number of aryl methyl sites for hydroxylation is 2. The van der Waals surface area contributed by atoms with Crippen LogP contribution in [0, 0.1) is 13.8 Å². The number of rotatable bonds is 7. The number of hydrogen-bond acceptors (Lipinski definition) is 4. The minimum Gasteiger partial charge on any atom is -0.484 e. The standard InChI is InChI=1S/C22H24N4O3/c1-15-8-9-20(12-16(15)2)29-14-21(27)24-18-6-4-7-19(13-18)25-22(28)17(3)26-11-5-10-23-26/h4-13,17H,14H2,1-3H3,(H,24,27)(H,25,28). The van der Waals surface area contributed by atoms with E-state index in [-0.39, 0.29) is 18.4 Å². The number of carbonyl (C=O) groups is 2. The lowest BCUT2D eigenvalue weighted by molar-refractivity contribution is -0.119. The van der Waals surface area contributed by atoms with E-state index in [1.165, 1.54) is 5.56 Å². The van der Waals surface area contributed by atoms with Gasteiger partial charge in [-0.3, -0.25) is 14.3 Å². The van der Waals surface area contributed by atoms with Crippen LogP contribution >= 0.6 is 0 Å². The number of amides is 2. The molecule has 1 aromatic heterocycles. The molecule has 0 saturated carbocycles. The summed E-state index contributed by atoms with van der Waals surface area (Å²) in [6.45, 7) is 5.68. The Bertz CT molecular complexity index is 999. The molecule has 3 rings (SSSR count). The maximum absolute atomic E-state index is 12.4. The molecule has 2 aromatic carbocycles. The van der Waals surface area contributed by atoms with Crippen molar-refractivity contribution in [3.63, 3.8) is 0 Å². The van der Waals surface area contributed by atoms with Gasteiger partial charge in [0.05, 0.1) is 0 Å². The van der Waals surface area contributed by atoms with Crippen molar-refractivity contribution < 1.29 is 14.3 Å². The summed E-state index contributed by atoms with van der Waals surface area (Å²) >= 11 is 0. The van der Waals surface area contributed by atoms with Gasteiger partial charge in [-0.15, -0.1) is 0 Å². The molecule has 0 aliphatic heterocycles. The molecule has 150 valence electrons. The average Bonchev–Trinajstić information content (AvgIpc) is 3.23. The second-order valence-corrected chi connectivity index (χ2v) is 6.82. The Morgan fingerprint density at radius 3 is 2.48 bits per heavy atom. The third kappa shape index (κ3) is 5.44. The predicted molar refractivity (Wildman–Crippen MR) is 112 cm³/mol. The number of nitrogens with one attached hydrogen (secondary N) is 2. The number of nitrogens with zero attached hydrogens (tertiary/aromatic N) is 2. The van der Waals surface area contributed by atoms with E-state index in [4.69, 9.17) is 4.74 Å². The highest BCUT2D eigenvalue weighted by atomic mass is 16.5. The molecule has 7 nitrogen and oxygen atoms in total. The molecule has 1 heterocycles. The van der Waals surface area contributed by atoms with Gasteiger partial charge in [-0.05, 0) is 68.3 Å². The van der Waals surface area contributed by atoms with E-state index >= 15 is 0 Å². The van der Waals surface area contributed by atoms with Gasteiger partial charge in [0.25, 0.3) is 5.91 Å². The zero-order chi connectivity index (χ0) is 20.8. The summed E-state index contributed by atoms with van der Waals surface area (Å²) in [5.41, 5.74) is 3.43. The Morgan fingerprint density at radius 2 is 1.79 bits per heavy atom. The molecule has 1 atom stereocenters. The quantitative estimate of drug-likeness (QED) is 0.642. The van der Waals surface area contributed by atoms with E-state index in [1.807, 2.05) is 32.0 Å². The maximum Gasteiger partial charge on any atom is 0.262 e. The van der Waals surface area contributed by atoms with Crippen molar-refractivity contribution >= 4 is 23.2 Å². The summed E-state index contributed by atoms with van der Waals surface area (Å²) in [6, 6.07) is 14.0. The third-order valence-corrected chi connectivity index (χ3v) is 4.56. The number of carbonyl (C=O) groups excluding carboxylic acids is 2. The molecule has 2 N–H and O–H groups in total. The summed E-state index contributed by atoms with van der Waals surface area (Å²) in [7, 11) is 0. The molecule has 0 radical (unpaired) electrons. The molecule has 2 amide bonds. The van der Waals surface area contributed by atoms with Crippen molar-refractivity contribution in [3.8, 4) is 5.75 Å². The van der Waals surface area contributed by atoms with Gasteiger partial charge in [0, 0.05) is 23.8 Å². The monoisotopic (exact) mass is 392 g/mol. The van der Waals surface area contributed by atoms with Gasteiger partial charge < -0.3 is 15.4 Å². The van der Waals surface area contributed by atoms with Crippen LogP contribution in [0.15, 0.2) is 60.9 Å². The number of benzene rings is 2. The molecular formula is C22H24N4O3. The Balaban J connectivity index is 1.55. The van der Waals surface area contributed by atoms with Gasteiger partial charge in [-0.2, -0.15) is 5.10 Å². The molecule has 0 fully saturated rings. The number of ether oxygens (including phenoxy) is 1. The van der Waals surface area contributed by atoms with Crippen LogP contribution in [0.2, 0.25) is 0 Å². The van der Waals surface area contributed by atoms with E-state index in [1.54, 1.807) is 54.3 Å². The zero-order valence-corrected chi connectivity index (χ0v) is 16.7. The van der Waals surface area contributed by atoms with Crippen LogP contribution in [0.5, 0.6) is 5.75 Å². The van der Waals surface area contributed by atoms with Gasteiger partial charge in [-0.25, -0.2) is 0 Å². The van der Waals surface area contributed by atoms with E-state index < -0.39 is 6.04 Å². The fourth-order valence-corrected chi connectivity index (χ4v) is 2.70. The Hall–Kier alpha value is -3.61. The van der Waals surface area contributed by atoms with Gasteiger partial charge in [0.2, 0.25) is 5.91 Å².